The number of rotatable bonds is 2. The molecule has 2 N–H and O–H groups in total. The smallest absolute Gasteiger partial charge is 0.337 e. The van der Waals surface area contributed by atoms with Gasteiger partial charge in [0.25, 0.3) is 0 Å². The third kappa shape index (κ3) is 1.92. The van der Waals surface area contributed by atoms with Crippen LogP contribution in [0.15, 0.2) is 18.2 Å². The molecule has 0 atom stereocenters. The van der Waals surface area contributed by atoms with Crippen LogP contribution in [0.4, 0.5) is 11.4 Å². The Kier molecular flexibility index (Phi) is 2.97. The molecule has 0 aromatic heterocycles. The number of carboxylic acid groups (broad SMARTS) is 1. The number of nitrogens with one attached hydrogen (secondary N) is 1. The molecule has 0 saturated carbocycles. The van der Waals surface area contributed by atoms with Gasteiger partial charge in [-0.25, -0.2) is 4.79 Å². The monoisotopic (exact) mass is 248 g/mol. The van der Waals surface area contributed by atoms with E-state index in [-0.39, 0.29) is 11.6 Å². The minimum absolute atomic E-state index is 0.104. The topological polar surface area (TPSA) is 52.6 Å². The van der Waals surface area contributed by atoms with Gasteiger partial charge in [0.15, 0.2) is 0 Å². The summed E-state index contributed by atoms with van der Waals surface area (Å²) in [5.74, 6) is -0.878. The first kappa shape index (κ1) is 12.7. The number of hydrogen-bond acceptors (Lipinski definition) is 3. The predicted octanol–water partition coefficient (Wildman–Crippen LogP) is 2.80. The molecule has 1 aromatic carbocycles. The van der Waals surface area contributed by atoms with Crippen LogP contribution in [-0.4, -0.2) is 29.2 Å². The number of nitrogens with zero attached hydrogens (tertiary/aromatic N) is 1. The van der Waals surface area contributed by atoms with Crippen molar-refractivity contribution in [3.63, 3.8) is 0 Å². The highest BCUT2D eigenvalue weighted by molar-refractivity contribution is 5.99. The number of hydrogen-bond donors (Lipinski definition) is 2. The van der Waals surface area contributed by atoms with E-state index in [4.69, 9.17) is 0 Å². The van der Waals surface area contributed by atoms with Crippen molar-refractivity contribution in [1.82, 2.24) is 0 Å². The lowest BCUT2D eigenvalue weighted by atomic mass is 9.93. The van der Waals surface area contributed by atoms with E-state index >= 15 is 0 Å². The van der Waals surface area contributed by atoms with Gasteiger partial charge in [0, 0.05) is 12.6 Å². The van der Waals surface area contributed by atoms with E-state index in [0.717, 1.165) is 17.9 Å². The molecule has 0 spiro atoms. The standard InChI is InChI=1S/C14H20N2O2/c1-9(2)16-12-10(13(17)18)6-5-7-11(12)15-8-14(16,3)4/h5-7,9,15H,8H2,1-4H3,(H,17,18). The number of anilines is 2. The van der Waals surface area contributed by atoms with Gasteiger partial charge < -0.3 is 15.3 Å². The van der Waals surface area contributed by atoms with Crippen LogP contribution in [0.25, 0.3) is 0 Å². The first-order valence-corrected chi connectivity index (χ1v) is 6.24. The van der Waals surface area contributed by atoms with E-state index in [0.29, 0.717) is 5.56 Å². The van der Waals surface area contributed by atoms with E-state index in [2.05, 4.69) is 37.9 Å². The third-order valence-electron chi connectivity index (χ3n) is 3.39. The van der Waals surface area contributed by atoms with Crippen LogP contribution in [0, 0.1) is 0 Å². The molecule has 4 nitrogen and oxygen atoms in total. The molecule has 0 bridgehead atoms. The molecular formula is C14H20N2O2. The maximum Gasteiger partial charge on any atom is 0.337 e. The summed E-state index contributed by atoms with van der Waals surface area (Å²) in [6, 6.07) is 5.64. The molecule has 1 heterocycles. The second-order valence-corrected chi connectivity index (χ2v) is 5.64. The van der Waals surface area contributed by atoms with Gasteiger partial charge in [-0.15, -0.1) is 0 Å². The zero-order valence-corrected chi connectivity index (χ0v) is 11.3. The van der Waals surface area contributed by atoms with E-state index < -0.39 is 5.97 Å². The van der Waals surface area contributed by atoms with Crippen LogP contribution in [0.3, 0.4) is 0 Å². The number of aromatic carboxylic acids is 1. The molecule has 18 heavy (non-hydrogen) atoms. The summed E-state index contributed by atoms with van der Waals surface area (Å²) in [7, 11) is 0. The maximum absolute atomic E-state index is 11.4. The lowest BCUT2D eigenvalue weighted by Gasteiger charge is -2.48. The molecule has 1 aliphatic rings. The van der Waals surface area contributed by atoms with Crippen molar-refractivity contribution < 1.29 is 9.90 Å². The summed E-state index contributed by atoms with van der Waals surface area (Å²) in [6.45, 7) is 9.25. The SMILES string of the molecule is CC(C)N1c2c(cccc2C(=O)O)NCC1(C)C. The third-order valence-corrected chi connectivity index (χ3v) is 3.39. The quantitative estimate of drug-likeness (QED) is 0.845. The van der Waals surface area contributed by atoms with E-state index in [1.807, 2.05) is 6.07 Å². The molecule has 0 radical (unpaired) electrons. The van der Waals surface area contributed by atoms with Gasteiger partial charge in [-0.2, -0.15) is 0 Å². The van der Waals surface area contributed by atoms with Crippen LogP contribution < -0.4 is 10.2 Å². The zero-order valence-electron chi connectivity index (χ0n) is 11.3. The van der Waals surface area contributed by atoms with Crippen molar-refractivity contribution in [2.24, 2.45) is 0 Å². The van der Waals surface area contributed by atoms with E-state index in [9.17, 15) is 9.90 Å². The molecule has 1 aromatic rings. The molecule has 2 rings (SSSR count). The number of carbonyl (C=O) groups is 1. The van der Waals surface area contributed by atoms with Gasteiger partial charge in [0.1, 0.15) is 0 Å². The fourth-order valence-corrected chi connectivity index (χ4v) is 2.77. The zero-order chi connectivity index (χ0) is 13.5. The largest absolute Gasteiger partial charge is 0.478 e. The normalized spacial score (nSPS) is 17.3. The molecule has 0 fully saturated rings. The Morgan fingerprint density at radius 3 is 2.67 bits per heavy atom. The summed E-state index contributed by atoms with van der Waals surface area (Å²) in [5.41, 5.74) is 1.97. The fraction of sp³-hybridized carbons (Fsp3) is 0.500. The van der Waals surface area contributed by atoms with Crippen molar-refractivity contribution in [2.45, 2.75) is 39.3 Å². The Labute approximate surface area is 108 Å². The molecule has 0 unspecified atom stereocenters. The lowest BCUT2D eigenvalue weighted by Crippen LogP contribution is -2.55. The van der Waals surface area contributed by atoms with Crippen LogP contribution in [0.2, 0.25) is 0 Å². The van der Waals surface area contributed by atoms with Gasteiger partial charge in [0.2, 0.25) is 0 Å². The van der Waals surface area contributed by atoms with Gasteiger partial charge in [-0.1, -0.05) is 6.07 Å². The summed E-state index contributed by atoms with van der Waals surface area (Å²) in [6.07, 6.45) is 0. The minimum Gasteiger partial charge on any atom is -0.478 e. The van der Waals surface area contributed by atoms with Crippen LogP contribution in [-0.2, 0) is 0 Å². The second kappa shape index (κ2) is 4.19. The predicted molar refractivity (Wildman–Crippen MR) is 73.6 cm³/mol. The Morgan fingerprint density at radius 1 is 1.44 bits per heavy atom. The number of para-hydroxylation sites is 1. The van der Waals surface area contributed by atoms with Gasteiger partial charge in [-0.3, -0.25) is 0 Å². The second-order valence-electron chi connectivity index (χ2n) is 5.64. The summed E-state index contributed by atoms with van der Waals surface area (Å²) >= 11 is 0. The van der Waals surface area contributed by atoms with Crippen molar-refractivity contribution in [3.05, 3.63) is 23.8 Å². The number of benzene rings is 1. The number of carboxylic acids is 1. The van der Waals surface area contributed by atoms with Crippen LogP contribution >= 0.6 is 0 Å². The Bertz CT molecular complexity index is 481. The van der Waals surface area contributed by atoms with Crippen molar-refractivity contribution in [2.75, 3.05) is 16.8 Å². The molecule has 4 heteroatoms. The van der Waals surface area contributed by atoms with E-state index in [1.165, 1.54) is 0 Å². The van der Waals surface area contributed by atoms with Crippen LogP contribution in [0.1, 0.15) is 38.1 Å². The first-order chi connectivity index (χ1) is 8.34. The maximum atomic E-state index is 11.4. The summed E-state index contributed by atoms with van der Waals surface area (Å²) in [4.78, 5) is 13.6. The molecule has 0 saturated heterocycles. The Balaban J connectivity index is 2.65. The van der Waals surface area contributed by atoms with Gasteiger partial charge in [0.05, 0.1) is 22.5 Å². The Hall–Kier alpha value is -1.71. The highest BCUT2D eigenvalue weighted by atomic mass is 16.4. The average Bonchev–Trinajstić information content (AvgIpc) is 2.26. The summed E-state index contributed by atoms with van der Waals surface area (Å²) < 4.78 is 0. The highest BCUT2D eigenvalue weighted by Gasteiger charge is 2.36. The van der Waals surface area contributed by atoms with Crippen LogP contribution in [0.5, 0.6) is 0 Å². The Morgan fingerprint density at radius 2 is 2.11 bits per heavy atom. The molecule has 98 valence electrons. The van der Waals surface area contributed by atoms with Crippen molar-refractivity contribution in [1.29, 1.82) is 0 Å². The first-order valence-electron chi connectivity index (χ1n) is 6.24. The summed E-state index contributed by atoms with van der Waals surface area (Å²) in [5, 5.41) is 12.7. The average molecular weight is 248 g/mol. The van der Waals surface area contributed by atoms with Crippen molar-refractivity contribution >= 4 is 17.3 Å². The fourth-order valence-electron chi connectivity index (χ4n) is 2.77. The van der Waals surface area contributed by atoms with Gasteiger partial charge in [-0.05, 0) is 39.8 Å². The minimum atomic E-state index is -0.878. The van der Waals surface area contributed by atoms with Crippen molar-refractivity contribution in [3.8, 4) is 0 Å². The highest BCUT2D eigenvalue weighted by Crippen LogP contribution is 2.40. The van der Waals surface area contributed by atoms with E-state index in [1.54, 1.807) is 12.1 Å². The molecule has 0 amide bonds. The van der Waals surface area contributed by atoms with Gasteiger partial charge >= 0.3 is 5.97 Å². The number of fused-ring (bicyclic) bond motifs is 1. The lowest BCUT2D eigenvalue weighted by molar-refractivity contribution is 0.0697. The molecule has 1 aliphatic heterocycles. The molecular weight excluding hydrogens is 228 g/mol. The molecule has 0 aliphatic carbocycles.